The minimum atomic E-state index is 0.530. The summed E-state index contributed by atoms with van der Waals surface area (Å²) in [6, 6.07) is 27.3. The van der Waals surface area contributed by atoms with E-state index in [1.165, 1.54) is 16.7 Å². The van der Waals surface area contributed by atoms with Crippen LogP contribution in [0, 0.1) is 0 Å². The molecule has 0 unspecified atom stereocenters. The van der Waals surface area contributed by atoms with E-state index in [0.29, 0.717) is 6.54 Å². The number of rotatable bonds is 9. The van der Waals surface area contributed by atoms with E-state index in [0.717, 1.165) is 57.6 Å². The Balaban J connectivity index is 1.44. The molecular weight excluding hydrogens is 558 g/mol. The number of hydrogen-bond acceptors (Lipinski definition) is 3. The van der Waals surface area contributed by atoms with Crippen LogP contribution in [0.2, 0.25) is 0 Å². The maximum Gasteiger partial charge on any atom is 0.0716 e. The molecule has 3 aromatic rings. The molecule has 0 aromatic heterocycles. The molecule has 0 N–H and O–H groups in total. The molecule has 1 heterocycles. The molecule has 1 aliphatic heterocycles. The van der Waals surface area contributed by atoms with Gasteiger partial charge < -0.3 is 0 Å². The van der Waals surface area contributed by atoms with Gasteiger partial charge in [0.05, 0.1) is 18.0 Å². The summed E-state index contributed by atoms with van der Waals surface area (Å²) in [5.74, 6) is 0. The minimum absolute atomic E-state index is 0.530. The van der Waals surface area contributed by atoms with Gasteiger partial charge in [-0.3, -0.25) is 15.0 Å². The first-order valence-electron chi connectivity index (χ1n) is 15.5. The fourth-order valence-corrected chi connectivity index (χ4v) is 5.48. The summed E-state index contributed by atoms with van der Waals surface area (Å²) in [5.41, 5.74) is 14.8. The van der Waals surface area contributed by atoms with Gasteiger partial charge in [-0.1, -0.05) is 121 Å². The molecular formula is C43H35N3. The molecule has 3 aliphatic rings. The number of benzene rings is 3. The third kappa shape index (κ3) is 7.78. The van der Waals surface area contributed by atoms with Gasteiger partial charge in [-0.25, -0.2) is 0 Å². The molecule has 6 rings (SSSR count). The van der Waals surface area contributed by atoms with Crippen LogP contribution in [0.15, 0.2) is 195 Å². The van der Waals surface area contributed by atoms with Crippen LogP contribution in [0.4, 0.5) is 0 Å². The van der Waals surface area contributed by atoms with E-state index >= 15 is 0 Å². The summed E-state index contributed by atoms with van der Waals surface area (Å²) in [7, 11) is 0. The summed E-state index contributed by atoms with van der Waals surface area (Å²) >= 11 is 0. The van der Waals surface area contributed by atoms with E-state index < -0.39 is 0 Å². The maximum atomic E-state index is 5.31. The molecule has 3 heteroatoms. The predicted octanol–water partition coefficient (Wildman–Crippen LogP) is 10.3. The van der Waals surface area contributed by atoms with Crippen molar-refractivity contribution in [1.29, 1.82) is 0 Å². The van der Waals surface area contributed by atoms with E-state index in [1.54, 1.807) is 12.3 Å². The van der Waals surface area contributed by atoms with Crippen LogP contribution in [-0.4, -0.2) is 25.2 Å². The van der Waals surface area contributed by atoms with Crippen molar-refractivity contribution in [2.75, 3.05) is 6.54 Å². The van der Waals surface area contributed by atoms with Crippen molar-refractivity contribution in [3.05, 3.63) is 197 Å². The van der Waals surface area contributed by atoms with Crippen molar-refractivity contribution < 1.29 is 0 Å². The third-order valence-corrected chi connectivity index (χ3v) is 7.90. The van der Waals surface area contributed by atoms with Crippen molar-refractivity contribution in [3.8, 4) is 11.1 Å². The van der Waals surface area contributed by atoms with Crippen LogP contribution in [0.25, 0.3) is 22.4 Å². The highest BCUT2D eigenvalue weighted by atomic mass is 14.8. The van der Waals surface area contributed by atoms with Gasteiger partial charge in [0.25, 0.3) is 0 Å². The predicted molar refractivity (Wildman–Crippen MR) is 197 cm³/mol. The van der Waals surface area contributed by atoms with E-state index in [1.807, 2.05) is 24.4 Å². The number of hydrogen-bond donors (Lipinski definition) is 0. The van der Waals surface area contributed by atoms with E-state index in [4.69, 9.17) is 4.99 Å². The normalized spacial score (nSPS) is 17.7. The first kappa shape index (κ1) is 30.1. The third-order valence-electron chi connectivity index (χ3n) is 7.90. The maximum absolute atomic E-state index is 5.31. The summed E-state index contributed by atoms with van der Waals surface area (Å²) in [6.07, 6.45) is 30.6. The summed E-state index contributed by atoms with van der Waals surface area (Å²) < 4.78 is 0. The second-order valence-electron chi connectivity index (χ2n) is 11.0. The molecule has 0 saturated heterocycles. The summed E-state index contributed by atoms with van der Waals surface area (Å²) in [4.78, 5) is 14.1. The van der Waals surface area contributed by atoms with E-state index in [-0.39, 0.29) is 0 Å². The average molecular weight is 594 g/mol. The quantitative estimate of drug-likeness (QED) is 0.175. The van der Waals surface area contributed by atoms with Gasteiger partial charge in [0.2, 0.25) is 0 Å². The van der Waals surface area contributed by atoms with Gasteiger partial charge in [-0.2, -0.15) is 0 Å². The fraction of sp³-hybridized carbons (Fsp3) is 0.0698. The van der Waals surface area contributed by atoms with Crippen LogP contribution >= 0.6 is 0 Å². The van der Waals surface area contributed by atoms with Crippen LogP contribution < -0.4 is 0 Å². The van der Waals surface area contributed by atoms with Crippen molar-refractivity contribution >= 4 is 29.9 Å². The molecule has 0 bridgehead atoms. The lowest BCUT2D eigenvalue weighted by atomic mass is 9.96. The molecule has 0 radical (unpaired) electrons. The molecule has 0 fully saturated rings. The summed E-state index contributed by atoms with van der Waals surface area (Å²) in [6.45, 7) is 4.50. The zero-order chi connectivity index (χ0) is 31.4. The Kier molecular flexibility index (Phi) is 9.97. The Hall–Kier alpha value is -5.89. The summed E-state index contributed by atoms with van der Waals surface area (Å²) in [5, 5.41) is 0. The van der Waals surface area contributed by atoms with Crippen molar-refractivity contribution in [3.63, 3.8) is 0 Å². The Labute approximate surface area is 271 Å². The van der Waals surface area contributed by atoms with Crippen LogP contribution in [0.5, 0.6) is 0 Å². The van der Waals surface area contributed by atoms with Gasteiger partial charge in [0.15, 0.2) is 0 Å². The molecule has 0 saturated carbocycles. The largest absolute Gasteiger partial charge is 0.280 e. The zero-order valence-corrected chi connectivity index (χ0v) is 25.8. The molecule has 2 aliphatic carbocycles. The SMILES string of the molecule is C=N/C(=C\C(=N/CC(/C=C1/C=CC=CC1)=C1\C=CC=CC1)c1cccc(-c2ccccc2)c1)c1cccc(C2=CN=CC=C=C2)c1. The van der Waals surface area contributed by atoms with Crippen LogP contribution in [0.3, 0.4) is 0 Å². The first-order valence-corrected chi connectivity index (χ1v) is 15.5. The number of allylic oxidation sites excluding steroid dienone is 13. The fourth-order valence-electron chi connectivity index (χ4n) is 5.48. The van der Waals surface area contributed by atoms with Crippen molar-refractivity contribution in [2.45, 2.75) is 12.8 Å². The van der Waals surface area contributed by atoms with Gasteiger partial charge in [-0.15, -0.1) is 5.73 Å². The van der Waals surface area contributed by atoms with Gasteiger partial charge in [0, 0.05) is 29.1 Å². The second-order valence-corrected chi connectivity index (χ2v) is 11.0. The monoisotopic (exact) mass is 593 g/mol. The van der Waals surface area contributed by atoms with Crippen molar-refractivity contribution in [2.24, 2.45) is 15.0 Å². The van der Waals surface area contributed by atoms with E-state index in [2.05, 4.69) is 150 Å². The Morgan fingerprint density at radius 2 is 1.57 bits per heavy atom. The first-order chi connectivity index (χ1) is 22.8. The lowest BCUT2D eigenvalue weighted by molar-refractivity contribution is 1.10. The molecule has 3 nitrogen and oxygen atoms in total. The van der Waals surface area contributed by atoms with Gasteiger partial charge in [0.1, 0.15) is 0 Å². The highest BCUT2D eigenvalue weighted by molar-refractivity contribution is 6.13. The molecule has 0 spiro atoms. The van der Waals surface area contributed by atoms with Crippen molar-refractivity contribution in [1.82, 2.24) is 0 Å². The molecule has 46 heavy (non-hydrogen) atoms. The van der Waals surface area contributed by atoms with Crippen LogP contribution in [-0.2, 0) is 0 Å². The molecule has 0 amide bonds. The highest BCUT2D eigenvalue weighted by Crippen LogP contribution is 2.26. The molecule has 222 valence electrons. The minimum Gasteiger partial charge on any atom is -0.280 e. The number of nitrogens with zero attached hydrogens (tertiary/aromatic N) is 3. The smallest absolute Gasteiger partial charge is 0.0716 e. The zero-order valence-electron chi connectivity index (χ0n) is 25.8. The number of aliphatic imine (C=N–C) groups is 3. The van der Waals surface area contributed by atoms with Gasteiger partial charge in [-0.05, 0) is 83.3 Å². The average Bonchev–Trinajstić information content (AvgIpc) is 3.42. The van der Waals surface area contributed by atoms with Gasteiger partial charge >= 0.3 is 0 Å². The Bertz CT molecular complexity index is 1990. The Morgan fingerprint density at radius 1 is 0.804 bits per heavy atom. The standard InChI is InChI=1S/C43H35N3/c1-44-42(38-24-14-23-37(29-38)40-21-11-12-26-45-31-40)30-43(39-25-13-22-36(28-39)34-17-7-3-8-18-34)46-32-41(35-19-9-4-10-20-35)27-33-15-5-2-6-16-33/h2-10,12-15,17-19,21-31H,1,16,20,32H2/b33-27-,41-35+,42-30-,46-43+. The van der Waals surface area contributed by atoms with E-state index in [9.17, 15) is 0 Å². The van der Waals surface area contributed by atoms with Crippen LogP contribution in [0.1, 0.15) is 29.5 Å². The second kappa shape index (κ2) is 15.2. The molecule has 3 aromatic carbocycles. The lowest BCUT2D eigenvalue weighted by Gasteiger charge is -2.13. The highest BCUT2D eigenvalue weighted by Gasteiger charge is 2.11. The topological polar surface area (TPSA) is 37.1 Å². The lowest BCUT2D eigenvalue weighted by Crippen LogP contribution is -2.03. The Morgan fingerprint density at radius 3 is 2.35 bits per heavy atom. The molecule has 0 atom stereocenters.